The molecule has 134 valence electrons. The highest BCUT2D eigenvalue weighted by molar-refractivity contribution is 7.56. The Labute approximate surface area is 148 Å². The van der Waals surface area contributed by atoms with E-state index in [0.29, 0.717) is 6.54 Å². The van der Waals surface area contributed by atoms with Gasteiger partial charge in [0.05, 0.1) is 6.61 Å². The van der Waals surface area contributed by atoms with E-state index in [1.54, 1.807) is 6.92 Å². The predicted octanol–water partition coefficient (Wildman–Crippen LogP) is 3.89. The zero-order valence-electron chi connectivity index (χ0n) is 14.2. The molecule has 0 aliphatic carbocycles. The predicted molar refractivity (Wildman–Crippen MR) is 97.1 cm³/mol. The zero-order valence-corrected chi connectivity index (χ0v) is 15.1. The van der Waals surface area contributed by atoms with Crippen LogP contribution >= 0.6 is 7.52 Å². The van der Waals surface area contributed by atoms with Gasteiger partial charge in [-0.25, -0.2) is 9.88 Å². The summed E-state index contributed by atoms with van der Waals surface area (Å²) in [7, 11) is -3.20. The normalized spacial score (nSPS) is 13.0. The Morgan fingerprint density at radius 1 is 1.00 bits per heavy atom. The van der Waals surface area contributed by atoms with Crippen molar-refractivity contribution >= 4 is 13.6 Å². The van der Waals surface area contributed by atoms with Crippen molar-refractivity contribution in [3.05, 3.63) is 71.8 Å². The monoisotopic (exact) mass is 362 g/mol. The van der Waals surface area contributed by atoms with Gasteiger partial charge in [0, 0.05) is 6.54 Å². The summed E-state index contributed by atoms with van der Waals surface area (Å²) in [6.45, 7) is 2.58. The molecular weight excluding hydrogens is 339 g/mol. The number of hydrogen-bond donors (Lipinski definition) is 2. The van der Waals surface area contributed by atoms with E-state index in [4.69, 9.17) is 9.26 Å². The molecule has 25 heavy (non-hydrogen) atoms. The minimum atomic E-state index is -3.20. The minimum Gasteiger partial charge on any atom is -0.445 e. The van der Waals surface area contributed by atoms with Crippen LogP contribution in [0.1, 0.15) is 18.1 Å². The number of rotatable bonds is 9. The molecule has 0 spiro atoms. The van der Waals surface area contributed by atoms with Crippen LogP contribution in [0.4, 0.5) is 4.79 Å². The van der Waals surface area contributed by atoms with Gasteiger partial charge in [-0.05, 0) is 18.1 Å². The van der Waals surface area contributed by atoms with E-state index < -0.39 is 13.6 Å². The first kappa shape index (κ1) is 19.2. The van der Waals surface area contributed by atoms with Crippen molar-refractivity contribution in [3.8, 4) is 0 Å². The lowest BCUT2D eigenvalue weighted by molar-refractivity contribution is 0.140. The Kier molecular flexibility index (Phi) is 7.67. The van der Waals surface area contributed by atoms with Crippen molar-refractivity contribution in [2.24, 2.45) is 0 Å². The molecule has 0 heterocycles. The van der Waals surface area contributed by atoms with E-state index in [9.17, 15) is 9.36 Å². The molecule has 2 aromatic carbocycles. The van der Waals surface area contributed by atoms with Gasteiger partial charge in [-0.2, -0.15) is 0 Å². The van der Waals surface area contributed by atoms with Gasteiger partial charge in [0.25, 0.3) is 7.52 Å². The van der Waals surface area contributed by atoms with E-state index in [1.807, 2.05) is 60.7 Å². The van der Waals surface area contributed by atoms with Crippen molar-refractivity contribution in [3.63, 3.8) is 0 Å². The summed E-state index contributed by atoms with van der Waals surface area (Å²) in [6.07, 6.45) is -0.772. The fourth-order valence-corrected chi connectivity index (χ4v) is 3.58. The molecular formula is C18H23N2O4P. The van der Waals surface area contributed by atoms with Crippen LogP contribution in [0.3, 0.4) is 0 Å². The van der Waals surface area contributed by atoms with Crippen LogP contribution in [0.5, 0.6) is 0 Å². The van der Waals surface area contributed by atoms with Crippen LogP contribution in [-0.4, -0.2) is 19.0 Å². The molecule has 2 rings (SSSR count). The van der Waals surface area contributed by atoms with E-state index in [0.717, 1.165) is 11.1 Å². The third-order valence-corrected chi connectivity index (χ3v) is 5.24. The van der Waals surface area contributed by atoms with Gasteiger partial charge >= 0.3 is 6.09 Å². The van der Waals surface area contributed by atoms with Gasteiger partial charge in [0.15, 0.2) is 0 Å². The van der Waals surface area contributed by atoms with E-state index in [-0.39, 0.29) is 19.5 Å². The first-order chi connectivity index (χ1) is 12.1. The van der Waals surface area contributed by atoms with Crippen LogP contribution in [0.25, 0.3) is 0 Å². The minimum absolute atomic E-state index is 0.138. The lowest BCUT2D eigenvalue weighted by atomic mass is 10.2. The highest BCUT2D eigenvalue weighted by atomic mass is 31.2. The highest BCUT2D eigenvalue weighted by Gasteiger charge is 2.23. The standard InChI is InChI=1S/C18H23N2O4P/c1-2-24-25(22,20-13-16-9-5-3-6-10-16)15-19-18(21)23-14-17-11-7-4-8-12-17/h3-12H,2,13-15H2,1H3,(H,19,21)(H,20,22). The van der Waals surface area contributed by atoms with Crippen molar-refractivity contribution in [2.75, 3.05) is 12.9 Å². The first-order valence-electron chi connectivity index (χ1n) is 8.08. The molecule has 0 aromatic heterocycles. The average molecular weight is 362 g/mol. The number of benzene rings is 2. The average Bonchev–Trinajstić information content (AvgIpc) is 2.65. The molecule has 0 fully saturated rings. The number of carbonyl (C=O) groups is 1. The van der Waals surface area contributed by atoms with E-state index >= 15 is 0 Å². The lowest BCUT2D eigenvalue weighted by Gasteiger charge is -2.19. The van der Waals surface area contributed by atoms with Crippen molar-refractivity contribution in [1.82, 2.24) is 10.4 Å². The summed E-state index contributed by atoms with van der Waals surface area (Å²) < 4.78 is 23.2. The molecule has 0 aliphatic rings. The zero-order chi connectivity index (χ0) is 18.0. The maximum absolute atomic E-state index is 12.8. The van der Waals surface area contributed by atoms with Crippen LogP contribution in [0.2, 0.25) is 0 Å². The van der Waals surface area contributed by atoms with Gasteiger partial charge in [0.2, 0.25) is 0 Å². The van der Waals surface area contributed by atoms with Gasteiger partial charge < -0.3 is 14.6 Å². The Morgan fingerprint density at radius 2 is 1.60 bits per heavy atom. The number of hydrogen-bond acceptors (Lipinski definition) is 4. The molecule has 0 bridgehead atoms. The summed E-state index contributed by atoms with van der Waals surface area (Å²) >= 11 is 0. The fraction of sp³-hybridized carbons (Fsp3) is 0.278. The molecule has 1 atom stereocenters. The van der Waals surface area contributed by atoms with Gasteiger partial charge in [-0.3, -0.25) is 4.57 Å². The number of amides is 1. The molecule has 1 unspecified atom stereocenters. The van der Waals surface area contributed by atoms with Crippen molar-refractivity contribution < 1.29 is 18.6 Å². The van der Waals surface area contributed by atoms with Crippen LogP contribution < -0.4 is 10.4 Å². The third-order valence-electron chi connectivity index (χ3n) is 3.35. The number of alkyl carbamates (subject to hydrolysis) is 1. The Hall–Kier alpha value is -2.14. The SMILES string of the molecule is CCOP(=O)(CNC(=O)OCc1ccccc1)NCc1ccccc1. The topological polar surface area (TPSA) is 76.7 Å². The fourth-order valence-electron chi connectivity index (χ4n) is 2.11. The second kappa shape index (κ2) is 9.99. The smallest absolute Gasteiger partial charge is 0.407 e. The molecule has 0 aliphatic heterocycles. The van der Waals surface area contributed by atoms with Gasteiger partial charge in [-0.15, -0.1) is 0 Å². The first-order valence-corrected chi connectivity index (χ1v) is 9.89. The van der Waals surface area contributed by atoms with Crippen molar-refractivity contribution in [2.45, 2.75) is 20.1 Å². The molecule has 2 aromatic rings. The molecule has 6 nitrogen and oxygen atoms in total. The Bertz CT molecular complexity index is 695. The summed E-state index contributed by atoms with van der Waals surface area (Å²) in [6, 6.07) is 18.9. The molecule has 0 saturated heterocycles. The van der Waals surface area contributed by atoms with Crippen LogP contribution in [0.15, 0.2) is 60.7 Å². The number of nitrogens with one attached hydrogen (secondary N) is 2. The molecule has 0 saturated carbocycles. The quantitative estimate of drug-likeness (QED) is 0.662. The second-order valence-electron chi connectivity index (χ2n) is 5.31. The molecule has 1 amide bonds. The molecule has 0 radical (unpaired) electrons. The summed E-state index contributed by atoms with van der Waals surface area (Å²) in [5.41, 5.74) is 1.86. The van der Waals surface area contributed by atoms with E-state index in [1.165, 1.54) is 0 Å². The summed E-state index contributed by atoms with van der Waals surface area (Å²) in [4.78, 5) is 11.8. The van der Waals surface area contributed by atoms with Crippen LogP contribution in [-0.2, 0) is 27.0 Å². The summed E-state index contributed by atoms with van der Waals surface area (Å²) in [5.74, 6) is 0. The highest BCUT2D eigenvalue weighted by Crippen LogP contribution is 2.41. The second-order valence-corrected chi connectivity index (χ2v) is 7.55. The molecule has 2 N–H and O–H groups in total. The maximum atomic E-state index is 12.8. The van der Waals surface area contributed by atoms with Gasteiger partial charge in [0.1, 0.15) is 12.9 Å². The third kappa shape index (κ3) is 7.10. The molecule has 7 heteroatoms. The summed E-state index contributed by atoms with van der Waals surface area (Å²) in [5, 5.41) is 5.41. The number of carbonyl (C=O) groups excluding carboxylic acids is 1. The largest absolute Gasteiger partial charge is 0.445 e. The maximum Gasteiger partial charge on any atom is 0.407 e. The van der Waals surface area contributed by atoms with Crippen molar-refractivity contribution in [1.29, 1.82) is 0 Å². The Morgan fingerprint density at radius 3 is 2.20 bits per heavy atom. The lowest BCUT2D eigenvalue weighted by Crippen LogP contribution is -2.29. The van der Waals surface area contributed by atoms with E-state index in [2.05, 4.69) is 10.4 Å². The Balaban J connectivity index is 1.81. The number of ether oxygens (including phenoxy) is 1. The van der Waals surface area contributed by atoms with Crippen LogP contribution in [0, 0.1) is 0 Å². The van der Waals surface area contributed by atoms with Gasteiger partial charge in [-0.1, -0.05) is 60.7 Å².